The van der Waals surface area contributed by atoms with Gasteiger partial charge in [-0.1, -0.05) is 0 Å². The lowest BCUT2D eigenvalue weighted by molar-refractivity contribution is -0.430. The fourth-order valence-electron chi connectivity index (χ4n) is 6.06. The monoisotopic (exact) mass is 422 g/mol. The summed E-state index contributed by atoms with van der Waals surface area (Å²) in [6, 6.07) is 15.0. The maximum absolute atomic E-state index is 10.3. The summed E-state index contributed by atoms with van der Waals surface area (Å²) in [5, 5.41) is 10.3. The first-order chi connectivity index (χ1) is 15.6. The molecule has 0 saturated heterocycles. The number of rotatable bonds is 1. The van der Waals surface area contributed by atoms with E-state index in [0.717, 1.165) is 68.6 Å². The average molecular weight is 423 g/mol. The highest BCUT2D eigenvalue weighted by Crippen LogP contribution is 2.42. The molecule has 1 atom stereocenters. The fourth-order valence-corrected chi connectivity index (χ4v) is 6.06. The summed E-state index contributed by atoms with van der Waals surface area (Å²) >= 11 is 0. The van der Waals surface area contributed by atoms with E-state index in [1.165, 1.54) is 39.5 Å². The molecule has 2 aliphatic heterocycles. The first-order valence-electron chi connectivity index (χ1n) is 11.7. The van der Waals surface area contributed by atoms with Crippen molar-refractivity contribution in [2.75, 3.05) is 29.5 Å². The van der Waals surface area contributed by atoms with E-state index in [0.29, 0.717) is 5.92 Å². The second-order valence-corrected chi connectivity index (χ2v) is 9.38. The van der Waals surface area contributed by atoms with Crippen molar-refractivity contribution in [2.45, 2.75) is 38.5 Å². The highest BCUT2D eigenvalue weighted by atomic mass is 15.2. The van der Waals surface area contributed by atoms with Crippen LogP contribution in [0.5, 0.6) is 0 Å². The summed E-state index contributed by atoms with van der Waals surface area (Å²) in [5.74, 6) is 0.485. The van der Waals surface area contributed by atoms with E-state index in [9.17, 15) is 5.26 Å². The number of allylic oxidation sites excluding steroid dienone is 4. The Balaban J connectivity index is 1.44. The van der Waals surface area contributed by atoms with Crippen LogP contribution in [0.1, 0.15) is 36.8 Å². The molecule has 0 bridgehead atoms. The number of hydrogen-bond donors (Lipinski definition) is 2. The molecule has 2 heterocycles. The van der Waals surface area contributed by atoms with E-state index in [-0.39, 0.29) is 0 Å². The molecule has 4 aliphatic rings. The van der Waals surface area contributed by atoms with E-state index >= 15 is 0 Å². The van der Waals surface area contributed by atoms with Crippen LogP contribution in [0.15, 0.2) is 59.3 Å². The van der Waals surface area contributed by atoms with E-state index < -0.39 is 0 Å². The maximum Gasteiger partial charge on any atom is 0.209 e. The van der Waals surface area contributed by atoms with Crippen LogP contribution in [0, 0.1) is 17.2 Å². The summed E-state index contributed by atoms with van der Waals surface area (Å²) < 4.78 is 2.37. The maximum atomic E-state index is 10.3. The van der Waals surface area contributed by atoms with Crippen molar-refractivity contribution < 1.29 is 4.58 Å². The van der Waals surface area contributed by atoms with Gasteiger partial charge < -0.3 is 16.4 Å². The van der Waals surface area contributed by atoms with Gasteiger partial charge >= 0.3 is 0 Å². The fraction of sp³-hybridized carbons (Fsp3) is 0.333. The Morgan fingerprint density at radius 3 is 2.56 bits per heavy atom. The molecular weight excluding hydrogens is 394 g/mol. The molecule has 5 heteroatoms. The molecule has 2 aliphatic carbocycles. The predicted octanol–water partition coefficient (Wildman–Crippen LogP) is 4.46. The Labute approximate surface area is 188 Å². The number of benzene rings is 2. The van der Waals surface area contributed by atoms with Crippen LogP contribution < -0.4 is 16.4 Å². The molecule has 2 aromatic carbocycles. The van der Waals surface area contributed by atoms with Gasteiger partial charge in [-0.05, 0) is 79.1 Å². The second-order valence-electron chi connectivity index (χ2n) is 9.38. The molecule has 0 radical (unpaired) electrons. The number of nitrogens with two attached hydrogens (primary N) is 2. The highest BCUT2D eigenvalue weighted by Gasteiger charge is 2.37. The predicted molar refractivity (Wildman–Crippen MR) is 129 cm³/mol. The lowest BCUT2D eigenvalue weighted by atomic mass is 9.76. The van der Waals surface area contributed by atoms with Crippen molar-refractivity contribution in [3.05, 3.63) is 70.4 Å². The summed E-state index contributed by atoms with van der Waals surface area (Å²) in [7, 11) is 0. The van der Waals surface area contributed by atoms with E-state index in [1.807, 2.05) is 12.1 Å². The smallest absolute Gasteiger partial charge is 0.209 e. The van der Waals surface area contributed by atoms with Crippen LogP contribution in [0.25, 0.3) is 0 Å². The Hall–Kier alpha value is -3.52. The van der Waals surface area contributed by atoms with Crippen molar-refractivity contribution >= 4 is 28.5 Å². The molecule has 6 rings (SSSR count). The third-order valence-corrected chi connectivity index (χ3v) is 7.60. The first-order valence-corrected chi connectivity index (χ1v) is 11.7. The van der Waals surface area contributed by atoms with Crippen LogP contribution in [-0.2, 0) is 12.8 Å². The molecular formula is C27H28N5+. The second kappa shape index (κ2) is 7.27. The van der Waals surface area contributed by atoms with Crippen molar-refractivity contribution in [3.63, 3.8) is 0 Å². The Morgan fingerprint density at radius 2 is 1.72 bits per heavy atom. The molecule has 160 valence electrons. The number of nitriles is 1. The van der Waals surface area contributed by atoms with Gasteiger partial charge in [-0.2, -0.15) is 9.84 Å². The van der Waals surface area contributed by atoms with Crippen LogP contribution in [0.4, 0.5) is 22.7 Å². The molecule has 0 aromatic heterocycles. The normalized spacial score (nSPS) is 24.0. The zero-order valence-corrected chi connectivity index (χ0v) is 18.3. The standard InChI is InChI=1S/C27H28N5/c28-16-24-23-15-22(31-11-9-18-13-20(29)3-7-25(18)31)5-1-17(23)2-6-27(24)32-12-10-19-14-21(30)4-8-26(19)32/h3-4,7-8,13-15,17H,1-2,5-6,9-12,29-30H2/q+1. The van der Waals surface area contributed by atoms with E-state index in [1.54, 1.807) is 0 Å². The molecule has 0 saturated carbocycles. The van der Waals surface area contributed by atoms with Gasteiger partial charge in [0.1, 0.15) is 11.6 Å². The summed E-state index contributed by atoms with van der Waals surface area (Å²) in [5.41, 5.74) is 23.4. The van der Waals surface area contributed by atoms with E-state index in [4.69, 9.17) is 11.5 Å². The van der Waals surface area contributed by atoms with Crippen LogP contribution in [0.2, 0.25) is 0 Å². The summed E-state index contributed by atoms with van der Waals surface area (Å²) in [6.07, 6.45) is 8.61. The van der Waals surface area contributed by atoms with Crippen LogP contribution in [-0.4, -0.2) is 23.4 Å². The topological polar surface area (TPSA) is 82.1 Å². The van der Waals surface area contributed by atoms with Gasteiger partial charge in [-0.15, -0.1) is 0 Å². The van der Waals surface area contributed by atoms with Crippen LogP contribution in [0.3, 0.4) is 0 Å². The zero-order valence-electron chi connectivity index (χ0n) is 18.3. The molecule has 0 spiro atoms. The number of hydrogen-bond acceptors (Lipinski definition) is 4. The van der Waals surface area contributed by atoms with Gasteiger partial charge in [0.2, 0.25) is 5.69 Å². The Bertz CT molecular complexity index is 1270. The van der Waals surface area contributed by atoms with Gasteiger partial charge in [0.25, 0.3) is 0 Å². The summed E-state index contributed by atoms with van der Waals surface area (Å²) in [4.78, 5) is 2.44. The van der Waals surface area contributed by atoms with Gasteiger partial charge in [0.05, 0.1) is 0 Å². The van der Waals surface area contributed by atoms with Crippen LogP contribution >= 0.6 is 0 Å². The van der Waals surface area contributed by atoms with Gasteiger partial charge in [0.15, 0.2) is 12.3 Å². The lowest BCUT2D eigenvalue weighted by Crippen LogP contribution is -2.29. The van der Waals surface area contributed by atoms with Crippen molar-refractivity contribution in [2.24, 2.45) is 5.92 Å². The number of anilines is 3. The first kappa shape index (κ1) is 19.2. The third kappa shape index (κ3) is 2.94. The highest BCUT2D eigenvalue weighted by molar-refractivity contribution is 6.03. The average Bonchev–Trinajstić information content (AvgIpc) is 3.41. The largest absolute Gasteiger partial charge is 0.399 e. The zero-order chi connectivity index (χ0) is 21.8. The molecule has 4 N–H and O–H groups in total. The molecule has 0 amide bonds. The molecule has 2 aromatic rings. The van der Waals surface area contributed by atoms with Crippen molar-refractivity contribution in [1.29, 1.82) is 5.26 Å². The van der Waals surface area contributed by atoms with Gasteiger partial charge in [-0.3, -0.25) is 0 Å². The Morgan fingerprint density at radius 1 is 0.938 bits per heavy atom. The minimum atomic E-state index is 0.485. The lowest BCUT2D eigenvalue weighted by Gasteiger charge is -2.33. The number of nitrogens with zero attached hydrogens (tertiary/aromatic N) is 3. The van der Waals surface area contributed by atoms with Crippen molar-refractivity contribution in [1.82, 2.24) is 0 Å². The SMILES string of the molecule is N#CC1=C2C=C(N3CCc4cc(N)ccc43)CCC2CCC1=[N+]1CCc2cc(N)ccc21. The number of nitrogen functional groups attached to an aromatic ring is 2. The third-order valence-electron chi connectivity index (χ3n) is 7.60. The van der Waals surface area contributed by atoms with Crippen molar-refractivity contribution in [3.8, 4) is 6.07 Å². The molecule has 32 heavy (non-hydrogen) atoms. The molecule has 5 nitrogen and oxygen atoms in total. The Kier molecular flexibility index (Phi) is 4.36. The minimum absolute atomic E-state index is 0.485. The summed E-state index contributed by atoms with van der Waals surface area (Å²) in [6.45, 7) is 1.91. The number of fused-ring (bicyclic) bond motifs is 3. The molecule has 1 unspecified atom stereocenters. The molecule has 0 fully saturated rings. The van der Waals surface area contributed by atoms with E-state index in [2.05, 4.69) is 45.9 Å². The minimum Gasteiger partial charge on any atom is -0.399 e. The van der Waals surface area contributed by atoms with Gasteiger partial charge in [0, 0.05) is 53.8 Å². The quantitative estimate of drug-likeness (QED) is 0.525. The van der Waals surface area contributed by atoms with Gasteiger partial charge in [-0.25, -0.2) is 0 Å².